The lowest BCUT2D eigenvalue weighted by atomic mass is 9.74. The molecule has 1 N–H and O–H groups in total. The first-order valence-electron chi connectivity index (χ1n) is 7.71. The summed E-state index contributed by atoms with van der Waals surface area (Å²) >= 11 is 0. The second-order valence-corrected chi connectivity index (χ2v) is 6.39. The van der Waals surface area contributed by atoms with E-state index < -0.39 is 0 Å². The van der Waals surface area contributed by atoms with Crippen molar-refractivity contribution < 1.29 is 9.84 Å². The minimum atomic E-state index is -0.0624. The van der Waals surface area contributed by atoms with Crippen molar-refractivity contribution >= 4 is 10.8 Å². The van der Waals surface area contributed by atoms with Crippen molar-refractivity contribution in [1.29, 1.82) is 0 Å². The van der Waals surface area contributed by atoms with E-state index in [9.17, 15) is 5.11 Å². The monoisotopic (exact) mass is 283 g/mol. The van der Waals surface area contributed by atoms with E-state index in [1.807, 2.05) is 0 Å². The average molecular weight is 283 g/mol. The molecule has 2 aliphatic rings. The molecule has 3 heteroatoms. The van der Waals surface area contributed by atoms with Gasteiger partial charge in [0, 0.05) is 30.9 Å². The van der Waals surface area contributed by atoms with E-state index in [-0.39, 0.29) is 6.10 Å². The molecule has 0 aromatic heterocycles. The van der Waals surface area contributed by atoms with Crippen molar-refractivity contribution in [3.05, 3.63) is 42.0 Å². The summed E-state index contributed by atoms with van der Waals surface area (Å²) in [5, 5.41) is 12.3. The maximum Gasteiger partial charge on any atom is 0.126 e. The Kier molecular flexibility index (Phi) is 3.12. The predicted molar refractivity (Wildman–Crippen MR) is 83.4 cm³/mol. The molecule has 1 aliphatic heterocycles. The van der Waals surface area contributed by atoms with E-state index in [4.69, 9.17) is 4.74 Å². The minimum absolute atomic E-state index is 0.0624. The number of fused-ring (bicyclic) bond motifs is 2. The topological polar surface area (TPSA) is 32.7 Å². The molecule has 0 amide bonds. The Balaban J connectivity index is 1.62. The van der Waals surface area contributed by atoms with Gasteiger partial charge in [-0.2, -0.15) is 0 Å². The summed E-state index contributed by atoms with van der Waals surface area (Å²) in [6.45, 7) is 3.12. The quantitative estimate of drug-likeness (QED) is 0.940. The first-order chi connectivity index (χ1) is 10.3. The Labute approximate surface area is 125 Å². The number of methoxy groups -OCH3 is 1. The molecule has 3 nitrogen and oxygen atoms in total. The van der Waals surface area contributed by atoms with Crippen LogP contribution < -0.4 is 4.74 Å². The van der Waals surface area contributed by atoms with Crippen LogP contribution in [0.3, 0.4) is 0 Å². The van der Waals surface area contributed by atoms with Crippen LogP contribution in [0.25, 0.3) is 10.8 Å². The summed E-state index contributed by atoms with van der Waals surface area (Å²) in [6.07, 6.45) is 0.928. The minimum Gasteiger partial charge on any atom is -0.496 e. The number of rotatable bonds is 3. The van der Waals surface area contributed by atoms with Crippen molar-refractivity contribution in [1.82, 2.24) is 4.90 Å². The highest BCUT2D eigenvalue weighted by Crippen LogP contribution is 2.41. The molecular weight excluding hydrogens is 262 g/mol. The largest absolute Gasteiger partial charge is 0.496 e. The van der Waals surface area contributed by atoms with Gasteiger partial charge in [0.25, 0.3) is 0 Å². The SMILES string of the molecule is COc1ccc(CN2C[C@H]3C[C@@H](O)[C@H]3C2)c2ccccc12. The standard InChI is InChI=1S/C18H21NO2/c1-21-18-7-6-12(14-4-2-3-5-15(14)18)9-19-10-13-8-17(20)16(13)11-19/h2-7,13,16-17,20H,8-11H2,1H3/t13-,16+,17-/m1/s1. The van der Waals surface area contributed by atoms with Crippen LogP contribution in [-0.4, -0.2) is 36.3 Å². The summed E-state index contributed by atoms with van der Waals surface area (Å²) in [5.41, 5.74) is 1.35. The fraction of sp³-hybridized carbons (Fsp3) is 0.444. The molecule has 2 aromatic carbocycles. The molecule has 1 heterocycles. The van der Waals surface area contributed by atoms with Gasteiger partial charge in [0.2, 0.25) is 0 Å². The van der Waals surface area contributed by atoms with Crippen molar-refractivity contribution in [3.63, 3.8) is 0 Å². The number of likely N-dealkylation sites (tertiary alicyclic amines) is 1. The highest BCUT2D eigenvalue weighted by atomic mass is 16.5. The number of aliphatic hydroxyl groups is 1. The summed E-state index contributed by atoms with van der Waals surface area (Å²) in [5.74, 6) is 2.16. The van der Waals surface area contributed by atoms with E-state index in [1.165, 1.54) is 16.3 Å². The molecule has 110 valence electrons. The molecule has 0 spiro atoms. The van der Waals surface area contributed by atoms with Crippen LogP contribution in [0.1, 0.15) is 12.0 Å². The van der Waals surface area contributed by atoms with Crippen molar-refractivity contribution in [2.75, 3.05) is 20.2 Å². The molecule has 0 bridgehead atoms. The zero-order chi connectivity index (χ0) is 14.4. The highest BCUT2D eigenvalue weighted by Gasteiger charge is 2.45. The van der Waals surface area contributed by atoms with Gasteiger partial charge in [0.1, 0.15) is 5.75 Å². The van der Waals surface area contributed by atoms with E-state index in [0.717, 1.165) is 31.8 Å². The van der Waals surface area contributed by atoms with Crippen LogP contribution in [-0.2, 0) is 6.54 Å². The Morgan fingerprint density at radius 2 is 1.95 bits per heavy atom. The summed E-state index contributed by atoms with van der Waals surface area (Å²) in [4.78, 5) is 2.49. The Morgan fingerprint density at radius 3 is 2.67 bits per heavy atom. The lowest BCUT2D eigenvalue weighted by Gasteiger charge is -2.35. The molecule has 3 atom stereocenters. The second kappa shape index (κ2) is 5.00. The number of ether oxygens (including phenoxy) is 1. The first kappa shape index (κ1) is 13.1. The predicted octanol–water partition coefficient (Wildman–Crippen LogP) is 2.66. The lowest BCUT2D eigenvalue weighted by molar-refractivity contribution is -0.00435. The van der Waals surface area contributed by atoms with Gasteiger partial charge < -0.3 is 9.84 Å². The molecule has 21 heavy (non-hydrogen) atoms. The van der Waals surface area contributed by atoms with Crippen LogP contribution >= 0.6 is 0 Å². The summed E-state index contributed by atoms with van der Waals surface area (Å²) < 4.78 is 5.46. The zero-order valence-corrected chi connectivity index (χ0v) is 12.3. The molecule has 2 fully saturated rings. The van der Waals surface area contributed by atoms with Crippen molar-refractivity contribution in [3.8, 4) is 5.75 Å². The van der Waals surface area contributed by atoms with Crippen molar-refractivity contribution in [2.45, 2.75) is 19.1 Å². The maximum atomic E-state index is 9.80. The third-order valence-electron chi connectivity index (χ3n) is 5.19. The molecule has 4 rings (SSSR count). The fourth-order valence-electron chi connectivity index (χ4n) is 3.98. The smallest absolute Gasteiger partial charge is 0.126 e. The first-order valence-corrected chi connectivity index (χ1v) is 7.71. The Bertz CT molecular complexity index is 669. The lowest BCUT2D eigenvalue weighted by Crippen LogP contribution is -2.39. The number of benzene rings is 2. The molecule has 0 radical (unpaired) electrons. The third kappa shape index (κ3) is 2.12. The van der Waals surface area contributed by atoms with Crippen molar-refractivity contribution in [2.24, 2.45) is 11.8 Å². The highest BCUT2D eigenvalue weighted by molar-refractivity contribution is 5.91. The zero-order valence-electron chi connectivity index (χ0n) is 12.3. The number of nitrogens with zero attached hydrogens (tertiary/aromatic N) is 1. The average Bonchev–Trinajstić information content (AvgIpc) is 2.84. The van der Waals surface area contributed by atoms with Gasteiger partial charge in [0.05, 0.1) is 13.2 Å². The van der Waals surface area contributed by atoms with E-state index >= 15 is 0 Å². The van der Waals surface area contributed by atoms with E-state index in [2.05, 4.69) is 41.3 Å². The summed E-state index contributed by atoms with van der Waals surface area (Å²) in [6, 6.07) is 12.7. The maximum absolute atomic E-state index is 9.80. The van der Waals surface area contributed by atoms with Crippen LogP contribution in [0.4, 0.5) is 0 Å². The molecule has 1 saturated heterocycles. The molecule has 1 saturated carbocycles. The van der Waals surface area contributed by atoms with Gasteiger partial charge in [-0.1, -0.05) is 30.3 Å². The molecule has 1 aliphatic carbocycles. The normalized spacial score (nSPS) is 28.4. The van der Waals surface area contributed by atoms with E-state index in [0.29, 0.717) is 11.8 Å². The number of hydrogen-bond donors (Lipinski definition) is 1. The summed E-state index contributed by atoms with van der Waals surface area (Å²) in [7, 11) is 1.72. The van der Waals surface area contributed by atoms with Gasteiger partial charge in [-0.05, 0) is 29.4 Å². The van der Waals surface area contributed by atoms with E-state index in [1.54, 1.807) is 7.11 Å². The van der Waals surface area contributed by atoms with Crippen LogP contribution in [0, 0.1) is 11.8 Å². The fourth-order valence-corrected chi connectivity index (χ4v) is 3.98. The van der Waals surface area contributed by atoms with Gasteiger partial charge >= 0.3 is 0 Å². The molecule has 0 unspecified atom stereocenters. The van der Waals surface area contributed by atoms with Crippen LogP contribution in [0.2, 0.25) is 0 Å². The van der Waals surface area contributed by atoms with Crippen LogP contribution in [0.5, 0.6) is 5.75 Å². The molecular formula is C18H21NO2. The number of hydrogen-bond acceptors (Lipinski definition) is 3. The third-order valence-corrected chi connectivity index (χ3v) is 5.19. The number of aliphatic hydroxyl groups excluding tert-OH is 1. The molecule has 2 aromatic rings. The van der Waals surface area contributed by atoms with Gasteiger partial charge in [0.15, 0.2) is 0 Å². The van der Waals surface area contributed by atoms with Crippen LogP contribution in [0.15, 0.2) is 36.4 Å². The van der Waals surface area contributed by atoms with Gasteiger partial charge in [-0.25, -0.2) is 0 Å². The Morgan fingerprint density at radius 1 is 1.14 bits per heavy atom. The second-order valence-electron chi connectivity index (χ2n) is 6.39. The van der Waals surface area contributed by atoms with Gasteiger partial charge in [-0.3, -0.25) is 4.90 Å². The Hall–Kier alpha value is -1.58. The van der Waals surface area contributed by atoms with Gasteiger partial charge in [-0.15, -0.1) is 0 Å².